The number of hydrogen-bond donors (Lipinski definition) is 1. The van der Waals surface area contributed by atoms with Crippen molar-refractivity contribution in [1.82, 2.24) is 24.8 Å². The van der Waals surface area contributed by atoms with Crippen molar-refractivity contribution in [2.75, 3.05) is 44.3 Å². The number of fused-ring (bicyclic) bond motifs is 5. The second-order valence-electron chi connectivity index (χ2n) is 13.6. The third kappa shape index (κ3) is 4.68. The Labute approximate surface area is 268 Å². The number of carbonyl (C=O) groups excluding carboxylic acids is 1. The second kappa shape index (κ2) is 10.6. The van der Waals surface area contributed by atoms with E-state index in [4.69, 9.17) is 14.5 Å². The van der Waals surface area contributed by atoms with Crippen LogP contribution in [0.15, 0.2) is 36.5 Å². The molecule has 7 heterocycles. The van der Waals surface area contributed by atoms with Gasteiger partial charge in [-0.05, 0) is 55.8 Å². The summed E-state index contributed by atoms with van der Waals surface area (Å²) in [5, 5.41) is 11.3. The normalized spacial score (nSPS) is 28.4. The molecule has 10 nitrogen and oxygen atoms in total. The number of pyridine rings is 1. The van der Waals surface area contributed by atoms with Gasteiger partial charge in [0.05, 0.1) is 17.5 Å². The minimum Gasteiger partial charge on any atom is -0.508 e. The maximum Gasteiger partial charge on any atom is 0.319 e. The fraction of sp³-hybridized carbons (Fsp3) is 0.471. The van der Waals surface area contributed by atoms with Gasteiger partial charge in [-0.15, -0.1) is 0 Å². The van der Waals surface area contributed by atoms with Gasteiger partial charge in [0.2, 0.25) is 0 Å². The van der Waals surface area contributed by atoms with E-state index in [-0.39, 0.29) is 64.6 Å². The summed E-state index contributed by atoms with van der Waals surface area (Å²) in [6, 6.07) is 6.99. The molecule has 0 saturated carbocycles. The molecule has 2 bridgehead atoms. The van der Waals surface area contributed by atoms with E-state index in [0.717, 1.165) is 32.2 Å². The van der Waals surface area contributed by atoms with Crippen LogP contribution in [0.25, 0.3) is 32.9 Å². The van der Waals surface area contributed by atoms with Crippen LogP contribution >= 0.6 is 0 Å². The number of anilines is 1. The largest absolute Gasteiger partial charge is 0.508 e. The number of amides is 1. The number of aromatic hydroxyl groups is 1. The Morgan fingerprint density at radius 1 is 1.13 bits per heavy atom. The minimum atomic E-state index is -0.939. The van der Waals surface area contributed by atoms with Crippen molar-refractivity contribution >= 4 is 33.4 Å². The number of aromatic nitrogens is 3. The maximum atomic E-state index is 16.8. The molecule has 0 spiro atoms. The SMILES string of the molecule is O=C([C@H]1CO1)N1C2CCC1CN(c1nc(OC[C@@]34CCCN3C[C@H](F)C4)nc3c(F)c(-c4cc(O)cc5cccc(F)c45)ncc13)C2. The van der Waals surface area contributed by atoms with Gasteiger partial charge in [0.25, 0.3) is 5.91 Å². The number of hydrogen-bond acceptors (Lipinski definition) is 9. The number of alkyl halides is 1. The average Bonchev–Trinajstić information content (AvgIpc) is 3.69. The first-order valence-corrected chi connectivity index (χ1v) is 16.3. The lowest BCUT2D eigenvalue weighted by Gasteiger charge is -2.41. The fourth-order valence-corrected chi connectivity index (χ4v) is 8.51. The molecule has 5 fully saturated rings. The van der Waals surface area contributed by atoms with Crippen molar-refractivity contribution in [3.63, 3.8) is 0 Å². The van der Waals surface area contributed by atoms with Crippen molar-refractivity contribution in [2.24, 2.45) is 0 Å². The summed E-state index contributed by atoms with van der Waals surface area (Å²) in [7, 11) is 0. The van der Waals surface area contributed by atoms with E-state index in [9.17, 15) is 14.3 Å². The smallest absolute Gasteiger partial charge is 0.319 e. The molecule has 4 aromatic rings. The van der Waals surface area contributed by atoms with Crippen LogP contribution in [0.3, 0.4) is 0 Å². The van der Waals surface area contributed by atoms with Gasteiger partial charge in [-0.1, -0.05) is 12.1 Å². The van der Waals surface area contributed by atoms with Crippen LogP contribution in [0.4, 0.5) is 19.0 Å². The van der Waals surface area contributed by atoms with Gasteiger partial charge in [0.1, 0.15) is 41.4 Å². The number of benzene rings is 2. The number of phenolic OH excluding ortho intramolecular Hbond substituents is 1. The van der Waals surface area contributed by atoms with Crippen LogP contribution in [-0.2, 0) is 9.53 Å². The zero-order valence-corrected chi connectivity index (χ0v) is 25.5. The molecule has 5 aliphatic heterocycles. The highest BCUT2D eigenvalue weighted by Crippen LogP contribution is 2.42. The number of piperazine rings is 1. The van der Waals surface area contributed by atoms with Crippen LogP contribution < -0.4 is 9.64 Å². The topological polar surface area (TPSA) is 107 Å². The van der Waals surface area contributed by atoms with E-state index in [0.29, 0.717) is 49.3 Å². The van der Waals surface area contributed by atoms with Gasteiger partial charge >= 0.3 is 6.01 Å². The summed E-state index contributed by atoms with van der Waals surface area (Å²) in [5.74, 6) is -1.10. The Balaban J connectivity index is 1.14. The number of epoxide rings is 1. The molecule has 1 N–H and O–H groups in total. The summed E-state index contributed by atoms with van der Waals surface area (Å²) >= 11 is 0. The van der Waals surface area contributed by atoms with Gasteiger partial charge in [0.15, 0.2) is 11.9 Å². The van der Waals surface area contributed by atoms with E-state index in [2.05, 4.69) is 14.9 Å². The molecular weight excluding hydrogens is 613 g/mol. The lowest BCUT2D eigenvalue weighted by molar-refractivity contribution is -0.135. The molecule has 2 unspecified atom stereocenters. The Hall–Kier alpha value is -4.23. The molecule has 5 saturated heterocycles. The molecule has 5 atom stereocenters. The monoisotopic (exact) mass is 646 g/mol. The summed E-state index contributed by atoms with van der Waals surface area (Å²) in [5.41, 5.74) is -0.604. The van der Waals surface area contributed by atoms with Gasteiger partial charge in [-0.25, -0.2) is 13.2 Å². The van der Waals surface area contributed by atoms with E-state index >= 15 is 8.78 Å². The minimum absolute atomic E-state index is 0.0137. The predicted octanol–water partition coefficient (Wildman–Crippen LogP) is 4.36. The van der Waals surface area contributed by atoms with Gasteiger partial charge in [0, 0.05) is 55.3 Å². The van der Waals surface area contributed by atoms with E-state index in [1.54, 1.807) is 6.07 Å². The Morgan fingerprint density at radius 3 is 2.72 bits per heavy atom. The standard InChI is InChI=1S/C34H33F3N6O4/c35-19-11-34(7-2-8-42(34)13-19)17-47-33-39-30-24(31(40-33)41-14-20-5-6-21(15-41)43(20)32(45)26-16-46-26)12-38-29(28(30)37)23-10-22(44)9-18-3-1-4-25(36)27(18)23/h1,3-4,9-10,12,19-21,26,44H,2,5-8,11,13-17H2/t19-,20?,21?,26-,34+/m1/s1. The quantitative estimate of drug-likeness (QED) is 0.306. The molecular formula is C34H33F3N6O4. The third-order valence-corrected chi connectivity index (χ3v) is 10.7. The molecule has 2 aromatic carbocycles. The first-order valence-electron chi connectivity index (χ1n) is 16.3. The van der Waals surface area contributed by atoms with E-state index in [1.807, 2.05) is 9.80 Å². The Kier molecular flexibility index (Phi) is 6.56. The fourth-order valence-electron chi connectivity index (χ4n) is 8.51. The first kappa shape index (κ1) is 29.0. The maximum absolute atomic E-state index is 16.8. The predicted molar refractivity (Wildman–Crippen MR) is 166 cm³/mol. The molecule has 5 aliphatic rings. The van der Waals surface area contributed by atoms with E-state index < -0.39 is 23.3 Å². The highest BCUT2D eigenvalue weighted by atomic mass is 19.1. The third-order valence-electron chi connectivity index (χ3n) is 10.7. The number of rotatable bonds is 6. The molecule has 13 heteroatoms. The zero-order valence-electron chi connectivity index (χ0n) is 25.5. The number of ether oxygens (including phenoxy) is 2. The number of phenols is 1. The van der Waals surface area contributed by atoms with Gasteiger partial charge < -0.3 is 24.4 Å². The summed E-state index contributed by atoms with van der Waals surface area (Å²) in [6.45, 7) is 2.73. The highest BCUT2D eigenvalue weighted by Gasteiger charge is 2.50. The summed E-state index contributed by atoms with van der Waals surface area (Å²) < 4.78 is 57.9. The van der Waals surface area contributed by atoms with Crippen LogP contribution in [0.5, 0.6) is 11.8 Å². The molecule has 2 aromatic heterocycles. The lowest BCUT2D eigenvalue weighted by Crippen LogP contribution is -2.57. The molecule has 1 amide bonds. The van der Waals surface area contributed by atoms with Crippen LogP contribution in [-0.4, -0.2) is 105 Å². The molecule has 0 radical (unpaired) electrons. The van der Waals surface area contributed by atoms with Crippen molar-refractivity contribution in [2.45, 2.75) is 62.0 Å². The number of nitrogens with zero attached hydrogens (tertiary/aromatic N) is 6. The van der Waals surface area contributed by atoms with E-state index in [1.165, 1.54) is 30.5 Å². The molecule has 9 rings (SSSR count). The van der Waals surface area contributed by atoms with Crippen LogP contribution in [0.2, 0.25) is 0 Å². The average molecular weight is 647 g/mol. The molecule has 0 aliphatic carbocycles. The van der Waals surface area contributed by atoms with Gasteiger partial charge in [-0.2, -0.15) is 9.97 Å². The Bertz CT molecular complexity index is 1930. The van der Waals surface area contributed by atoms with Crippen molar-refractivity contribution in [3.8, 4) is 23.0 Å². The van der Waals surface area contributed by atoms with Crippen molar-refractivity contribution in [3.05, 3.63) is 48.2 Å². The highest BCUT2D eigenvalue weighted by molar-refractivity contribution is 6.00. The zero-order chi connectivity index (χ0) is 32.0. The lowest BCUT2D eigenvalue weighted by atomic mass is 9.95. The number of halogens is 3. The van der Waals surface area contributed by atoms with Crippen LogP contribution in [0, 0.1) is 11.6 Å². The Morgan fingerprint density at radius 2 is 1.94 bits per heavy atom. The van der Waals surface area contributed by atoms with Crippen molar-refractivity contribution < 1.29 is 32.5 Å². The molecule has 244 valence electrons. The summed E-state index contributed by atoms with van der Waals surface area (Å²) in [4.78, 5) is 32.9. The molecule has 47 heavy (non-hydrogen) atoms. The summed E-state index contributed by atoms with van der Waals surface area (Å²) in [6.07, 6.45) is 3.92. The number of carbonyl (C=O) groups is 1. The van der Waals surface area contributed by atoms with Gasteiger partial charge in [-0.3, -0.25) is 14.7 Å². The first-order chi connectivity index (χ1) is 22.8. The second-order valence-corrected chi connectivity index (χ2v) is 13.6. The van der Waals surface area contributed by atoms with Crippen LogP contribution in [0.1, 0.15) is 32.1 Å². The van der Waals surface area contributed by atoms with Crippen molar-refractivity contribution in [1.29, 1.82) is 0 Å².